The second-order valence-corrected chi connectivity index (χ2v) is 9.28. The van der Waals surface area contributed by atoms with E-state index in [1.54, 1.807) is 29.7 Å². The summed E-state index contributed by atoms with van der Waals surface area (Å²) >= 11 is 7.26. The van der Waals surface area contributed by atoms with Gasteiger partial charge in [-0.25, -0.2) is 9.37 Å². The number of ether oxygens (including phenoxy) is 1. The van der Waals surface area contributed by atoms with Crippen LogP contribution in [-0.4, -0.2) is 59.0 Å². The molecular formula is C22H27ClFN3O2S. The number of benzene rings is 1. The Balaban J connectivity index is 1.17. The summed E-state index contributed by atoms with van der Waals surface area (Å²) in [6, 6.07) is 5.30. The van der Waals surface area contributed by atoms with Gasteiger partial charge in [0.1, 0.15) is 11.9 Å². The number of carbonyl (C=O) groups is 1. The summed E-state index contributed by atoms with van der Waals surface area (Å²) in [5.41, 5.74) is 0.808. The Labute approximate surface area is 185 Å². The largest absolute Gasteiger partial charge is 0.467 e. The molecule has 0 N–H and O–H groups in total. The Bertz CT molecular complexity index is 835. The van der Waals surface area contributed by atoms with Crippen molar-refractivity contribution in [3.63, 3.8) is 0 Å². The van der Waals surface area contributed by atoms with Crippen LogP contribution < -0.4 is 4.74 Å². The van der Waals surface area contributed by atoms with Crippen LogP contribution in [0.1, 0.15) is 37.7 Å². The fraction of sp³-hybridized carbons (Fsp3) is 0.545. The molecule has 2 fully saturated rings. The van der Waals surface area contributed by atoms with Gasteiger partial charge in [-0.2, -0.15) is 0 Å². The van der Waals surface area contributed by atoms with Gasteiger partial charge in [0.05, 0.1) is 5.02 Å². The van der Waals surface area contributed by atoms with Gasteiger partial charge < -0.3 is 9.64 Å². The van der Waals surface area contributed by atoms with Crippen molar-refractivity contribution in [1.82, 2.24) is 14.8 Å². The number of nitrogens with zero attached hydrogens (tertiary/aromatic N) is 3. The van der Waals surface area contributed by atoms with Gasteiger partial charge in [-0.15, -0.1) is 0 Å². The standard InChI is InChI=1S/C22H27ClFN3O2S/c23-19-3-1-16(15-20(19)24)2-4-21(28)27-10-5-17(6-11-27)26-12-7-18(8-13-26)29-22-25-9-14-30-22/h1,3,9,14-15,17-18H,2,4-8,10-13H2. The van der Waals surface area contributed by atoms with Gasteiger partial charge >= 0.3 is 0 Å². The van der Waals surface area contributed by atoms with E-state index in [-0.39, 0.29) is 17.0 Å². The van der Waals surface area contributed by atoms with Crippen molar-refractivity contribution in [2.75, 3.05) is 26.2 Å². The second-order valence-electron chi connectivity index (χ2n) is 8.01. The van der Waals surface area contributed by atoms with Crippen LogP contribution in [-0.2, 0) is 11.2 Å². The van der Waals surface area contributed by atoms with Crippen LogP contribution in [0, 0.1) is 5.82 Å². The van der Waals surface area contributed by atoms with E-state index in [4.69, 9.17) is 16.3 Å². The van der Waals surface area contributed by atoms with Crippen molar-refractivity contribution in [2.24, 2.45) is 0 Å². The summed E-state index contributed by atoms with van der Waals surface area (Å²) in [4.78, 5) is 21.3. The van der Waals surface area contributed by atoms with Crippen molar-refractivity contribution in [3.8, 4) is 5.19 Å². The summed E-state index contributed by atoms with van der Waals surface area (Å²) < 4.78 is 19.5. The summed E-state index contributed by atoms with van der Waals surface area (Å²) in [5, 5.41) is 2.82. The smallest absolute Gasteiger partial charge is 0.273 e. The molecule has 1 aromatic carbocycles. The molecule has 0 aliphatic carbocycles. The third-order valence-electron chi connectivity index (χ3n) is 6.10. The lowest BCUT2D eigenvalue weighted by Gasteiger charge is -2.41. The van der Waals surface area contributed by atoms with Gasteiger partial charge in [-0.3, -0.25) is 9.69 Å². The molecule has 0 radical (unpaired) electrons. The van der Waals surface area contributed by atoms with Gasteiger partial charge in [0.15, 0.2) is 0 Å². The maximum absolute atomic E-state index is 13.6. The number of aryl methyl sites for hydroxylation is 1. The van der Waals surface area contributed by atoms with E-state index in [9.17, 15) is 9.18 Å². The topological polar surface area (TPSA) is 45.7 Å². The predicted molar refractivity (Wildman–Crippen MR) is 117 cm³/mol. The maximum atomic E-state index is 13.6. The second kappa shape index (κ2) is 10.1. The quantitative estimate of drug-likeness (QED) is 0.653. The monoisotopic (exact) mass is 451 g/mol. The minimum absolute atomic E-state index is 0.117. The Morgan fingerprint density at radius 3 is 2.63 bits per heavy atom. The van der Waals surface area contributed by atoms with E-state index in [1.165, 1.54) is 6.07 Å². The lowest BCUT2D eigenvalue weighted by molar-refractivity contribution is -0.132. The number of hydrogen-bond acceptors (Lipinski definition) is 5. The molecule has 0 spiro atoms. The van der Waals surface area contributed by atoms with E-state index in [2.05, 4.69) is 9.88 Å². The van der Waals surface area contributed by atoms with Crippen LogP contribution in [0.5, 0.6) is 5.19 Å². The number of piperidine rings is 2. The first-order chi connectivity index (χ1) is 14.6. The average Bonchev–Trinajstić information content (AvgIpc) is 3.28. The number of carbonyl (C=O) groups excluding carboxylic acids is 1. The van der Waals surface area contributed by atoms with Crippen molar-refractivity contribution in [1.29, 1.82) is 0 Å². The minimum atomic E-state index is -0.428. The third kappa shape index (κ3) is 5.50. The highest BCUT2D eigenvalue weighted by molar-refractivity contribution is 7.11. The number of likely N-dealkylation sites (tertiary alicyclic amines) is 2. The van der Waals surface area contributed by atoms with Crippen LogP contribution in [0.3, 0.4) is 0 Å². The molecule has 2 saturated heterocycles. The molecule has 2 aliphatic heterocycles. The Morgan fingerprint density at radius 1 is 1.20 bits per heavy atom. The zero-order valence-corrected chi connectivity index (χ0v) is 18.5. The number of thiazole rings is 1. The predicted octanol–water partition coefficient (Wildman–Crippen LogP) is 4.40. The number of amides is 1. The third-order valence-corrected chi connectivity index (χ3v) is 7.07. The van der Waals surface area contributed by atoms with Gasteiger partial charge in [-0.05, 0) is 49.8 Å². The molecule has 1 amide bonds. The molecule has 4 rings (SSSR count). The minimum Gasteiger partial charge on any atom is -0.467 e. The van der Waals surface area contributed by atoms with Gasteiger partial charge in [-0.1, -0.05) is 29.0 Å². The van der Waals surface area contributed by atoms with Crippen molar-refractivity contribution in [3.05, 3.63) is 46.2 Å². The average molecular weight is 452 g/mol. The zero-order valence-electron chi connectivity index (χ0n) is 16.9. The molecule has 1 aromatic heterocycles. The lowest BCUT2D eigenvalue weighted by Crippen LogP contribution is -2.50. The Morgan fingerprint density at radius 2 is 1.97 bits per heavy atom. The highest BCUT2D eigenvalue weighted by Gasteiger charge is 2.30. The maximum Gasteiger partial charge on any atom is 0.273 e. The van der Waals surface area contributed by atoms with Crippen molar-refractivity contribution in [2.45, 2.75) is 50.7 Å². The number of halogens is 2. The number of aromatic nitrogens is 1. The van der Waals surface area contributed by atoms with Crippen molar-refractivity contribution < 1.29 is 13.9 Å². The van der Waals surface area contributed by atoms with E-state index in [0.29, 0.717) is 18.9 Å². The molecule has 30 heavy (non-hydrogen) atoms. The first-order valence-electron chi connectivity index (χ1n) is 10.6. The summed E-state index contributed by atoms with van der Waals surface area (Å²) in [6.07, 6.45) is 7.06. The van der Waals surface area contributed by atoms with E-state index < -0.39 is 5.82 Å². The molecule has 8 heteroatoms. The Kier molecular flexibility index (Phi) is 7.23. The molecule has 5 nitrogen and oxygen atoms in total. The first kappa shape index (κ1) is 21.5. The SMILES string of the molecule is O=C(CCc1ccc(Cl)c(F)c1)N1CCC(N2CCC(Oc3nccs3)CC2)CC1. The summed E-state index contributed by atoms with van der Waals surface area (Å²) in [5.74, 6) is -0.275. The van der Waals surface area contributed by atoms with E-state index in [1.807, 2.05) is 10.3 Å². The highest BCUT2D eigenvalue weighted by Crippen LogP contribution is 2.25. The first-order valence-corrected chi connectivity index (χ1v) is 11.9. The number of rotatable bonds is 6. The zero-order chi connectivity index (χ0) is 20.9. The fourth-order valence-electron chi connectivity index (χ4n) is 4.35. The molecular weight excluding hydrogens is 425 g/mol. The summed E-state index contributed by atoms with van der Waals surface area (Å²) in [6.45, 7) is 3.68. The highest BCUT2D eigenvalue weighted by atomic mass is 35.5. The van der Waals surface area contributed by atoms with E-state index >= 15 is 0 Å². The fourth-order valence-corrected chi connectivity index (χ4v) is 5.02. The van der Waals surface area contributed by atoms with Gasteiger partial charge in [0.25, 0.3) is 5.19 Å². The molecule has 0 saturated carbocycles. The molecule has 2 aromatic rings. The van der Waals surface area contributed by atoms with Gasteiger partial charge in [0.2, 0.25) is 5.91 Å². The van der Waals surface area contributed by atoms with Crippen LogP contribution in [0.15, 0.2) is 29.8 Å². The Hall–Kier alpha value is -1.70. The molecule has 0 unspecified atom stereocenters. The van der Waals surface area contributed by atoms with Crippen molar-refractivity contribution >= 4 is 28.8 Å². The van der Waals surface area contributed by atoms with Crippen LogP contribution in [0.2, 0.25) is 5.02 Å². The normalized spacial score (nSPS) is 19.2. The van der Waals surface area contributed by atoms with Gasteiger partial charge in [0, 0.05) is 50.2 Å². The van der Waals surface area contributed by atoms with E-state index in [0.717, 1.165) is 62.6 Å². The molecule has 3 heterocycles. The van der Waals surface area contributed by atoms with Crippen LogP contribution >= 0.6 is 22.9 Å². The molecule has 0 bridgehead atoms. The molecule has 162 valence electrons. The molecule has 0 atom stereocenters. The summed E-state index contributed by atoms with van der Waals surface area (Å²) in [7, 11) is 0. The van der Waals surface area contributed by atoms with Crippen LogP contribution in [0.4, 0.5) is 4.39 Å². The van der Waals surface area contributed by atoms with Crippen LogP contribution in [0.25, 0.3) is 0 Å². The molecule has 2 aliphatic rings. The lowest BCUT2D eigenvalue weighted by atomic mass is 9.98. The number of hydrogen-bond donors (Lipinski definition) is 0.